The Labute approximate surface area is 186 Å². The van der Waals surface area contributed by atoms with E-state index in [2.05, 4.69) is 30.3 Å². The van der Waals surface area contributed by atoms with E-state index in [4.69, 9.17) is 9.47 Å². The van der Waals surface area contributed by atoms with Gasteiger partial charge in [0, 0.05) is 25.8 Å². The van der Waals surface area contributed by atoms with Gasteiger partial charge in [0.2, 0.25) is 11.8 Å². The van der Waals surface area contributed by atoms with Crippen molar-refractivity contribution in [3.8, 4) is 11.5 Å². The van der Waals surface area contributed by atoms with E-state index >= 15 is 0 Å². The number of hydrogen-bond donors (Lipinski definition) is 1. The lowest BCUT2D eigenvalue weighted by Gasteiger charge is -2.21. The van der Waals surface area contributed by atoms with Crippen LogP contribution in [0.15, 0.2) is 47.6 Å². The fourth-order valence-corrected chi connectivity index (χ4v) is 4.18. The van der Waals surface area contributed by atoms with Crippen molar-refractivity contribution in [3.63, 3.8) is 0 Å². The van der Waals surface area contributed by atoms with E-state index in [9.17, 15) is 9.59 Å². The van der Waals surface area contributed by atoms with Crippen molar-refractivity contribution in [2.24, 2.45) is 5.10 Å². The summed E-state index contributed by atoms with van der Waals surface area (Å²) < 4.78 is 11.8. The molecule has 2 aromatic carbocycles. The van der Waals surface area contributed by atoms with Gasteiger partial charge in [-0.05, 0) is 43.2 Å². The summed E-state index contributed by atoms with van der Waals surface area (Å²) in [5, 5.41) is 8.24. The Morgan fingerprint density at radius 3 is 2.52 bits per heavy atom. The minimum absolute atomic E-state index is 0.213. The van der Waals surface area contributed by atoms with Crippen molar-refractivity contribution < 1.29 is 19.1 Å². The molecule has 0 saturated heterocycles. The third-order valence-electron chi connectivity index (χ3n) is 4.73. The smallest absolute Gasteiger partial charge is 0.241 e. The van der Waals surface area contributed by atoms with Gasteiger partial charge in [-0.15, -0.1) is 5.10 Å². The Balaban J connectivity index is 1.59. The maximum absolute atomic E-state index is 12.1. The Morgan fingerprint density at radius 1 is 1.06 bits per heavy atom. The van der Waals surface area contributed by atoms with Gasteiger partial charge >= 0.3 is 0 Å². The maximum Gasteiger partial charge on any atom is 0.241 e. The molecule has 3 rings (SSSR count). The van der Waals surface area contributed by atoms with E-state index in [1.165, 1.54) is 41.7 Å². The van der Waals surface area contributed by atoms with Gasteiger partial charge in [-0.25, -0.2) is 5.01 Å². The first-order chi connectivity index (χ1) is 14.8. The average Bonchev–Trinajstić information content (AvgIpc) is 3.14. The van der Waals surface area contributed by atoms with Crippen LogP contribution in [0.2, 0.25) is 0 Å². The SMILES string of the molecule is CC(=O)NC1=NN(C(C)=O)[C@H](c2ccccc2OCCCOc2ccc(C)c(C)c2)S1. The van der Waals surface area contributed by atoms with Gasteiger partial charge in [0.25, 0.3) is 0 Å². The number of nitrogens with one attached hydrogen (secondary N) is 1. The van der Waals surface area contributed by atoms with E-state index in [0.29, 0.717) is 30.6 Å². The van der Waals surface area contributed by atoms with Crippen molar-refractivity contribution in [1.29, 1.82) is 0 Å². The first-order valence-electron chi connectivity index (χ1n) is 10.1. The predicted octanol–water partition coefficient (Wildman–Crippen LogP) is 4.15. The highest BCUT2D eigenvalue weighted by Gasteiger charge is 2.34. The van der Waals surface area contributed by atoms with Crippen molar-refractivity contribution in [1.82, 2.24) is 10.3 Å². The van der Waals surface area contributed by atoms with Crippen LogP contribution in [0.3, 0.4) is 0 Å². The summed E-state index contributed by atoms with van der Waals surface area (Å²) >= 11 is 1.30. The number of carbonyl (C=O) groups excluding carboxylic acids is 2. The topological polar surface area (TPSA) is 80.2 Å². The van der Waals surface area contributed by atoms with Gasteiger partial charge in [-0.3, -0.25) is 9.59 Å². The second-order valence-electron chi connectivity index (χ2n) is 7.25. The van der Waals surface area contributed by atoms with Crippen molar-refractivity contribution >= 4 is 28.7 Å². The number of hydrogen-bond acceptors (Lipinski definition) is 6. The quantitative estimate of drug-likeness (QED) is 0.653. The lowest BCUT2D eigenvalue weighted by atomic mass is 10.1. The summed E-state index contributed by atoms with van der Waals surface area (Å²) in [6.07, 6.45) is 0.711. The minimum Gasteiger partial charge on any atom is -0.493 e. The van der Waals surface area contributed by atoms with Crippen LogP contribution < -0.4 is 14.8 Å². The van der Waals surface area contributed by atoms with Crippen LogP contribution in [-0.2, 0) is 9.59 Å². The standard InChI is InChI=1S/C23H27N3O4S/c1-15-10-11-19(14-16(15)2)29-12-7-13-30-21-9-6-5-8-20(21)22-26(18(4)28)25-23(31-22)24-17(3)27/h5-6,8-11,14,22H,7,12-13H2,1-4H3,(H,24,25,27)/t22-/m0/s1. The average molecular weight is 442 g/mol. The summed E-state index contributed by atoms with van der Waals surface area (Å²) in [4.78, 5) is 23.5. The van der Waals surface area contributed by atoms with Crippen molar-refractivity contribution in [2.75, 3.05) is 13.2 Å². The van der Waals surface area contributed by atoms with E-state index in [0.717, 1.165) is 11.3 Å². The van der Waals surface area contributed by atoms with Crippen LogP contribution in [0.25, 0.3) is 0 Å². The van der Waals surface area contributed by atoms with Crippen LogP contribution >= 0.6 is 11.8 Å². The number of thioether (sulfide) groups is 1. The van der Waals surface area contributed by atoms with Gasteiger partial charge in [-0.1, -0.05) is 36.0 Å². The molecule has 31 heavy (non-hydrogen) atoms. The van der Waals surface area contributed by atoms with Crippen LogP contribution in [0.1, 0.15) is 42.3 Å². The summed E-state index contributed by atoms with van der Waals surface area (Å²) in [7, 11) is 0. The maximum atomic E-state index is 12.1. The number of hydrazone groups is 1. The molecule has 0 unspecified atom stereocenters. The number of amides is 2. The number of nitrogens with zero attached hydrogens (tertiary/aromatic N) is 2. The zero-order valence-electron chi connectivity index (χ0n) is 18.2. The molecular formula is C23H27N3O4S. The lowest BCUT2D eigenvalue weighted by Crippen LogP contribution is -2.25. The van der Waals surface area contributed by atoms with Crippen molar-refractivity contribution in [3.05, 3.63) is 59.2 Å². The lowest BCUT2D eigenvalue weighted by molar-refractivity contribution is -0.129. The third-order valence-corrected chi connectivity index (χ3v) is 5.81. The van der Waals surface area contributed by atoms with Gasteiger partial charge in [-0.2, -0.15) is 0 Å². The Kier molecular flexibility index (Phi) is 7.57. The number of aryl methyl sites for hydroxylation is 2. The molecule has 7 nitrogen and oxygen atoms in total. The molecule has 0 saturated carbocycles. The Morgan fingerprint density at radius 2 is 1.81 bits per heavy atom. The monoisotopic (exact) mass is 441 g/mol. The molecule has 1 heterocycles. The largest absolute Gasteiger partial charge is 0.493 e. The highest BCUT2D eigenvalue weighted by molar-refractivity contribution is 8.14. The molecular weight excluding hydrogens is 414 g/mol. The first kappa shape index (κ1) is 22.7. The van der Waals surface area contributed by atoms with Gasteiger partial charge in [0.05, 0.1) is 13.2 Å². The number of amidine groups is 1. The zero-order chi connectivity index (χ0) is 22.4. The first-order valence-corrected chi connectivity index (χ1v) is 11.0. The molecule has 0 spiro atoms. The number of rotatable bonds is 7. The molecule has 8 heteroatoms. The molecule has 0 bridgehead atoms. The molecule has 1 N–H and O–H groups in total. The van der Waals surface area contributed by atoms with E-state index in [1.54, 1.807) is 0 Å². The number of ether oxygens (including phenoxy) is 2. The highest BCUT2D eigenvalue weighted by atomic mass is 32.2. The molecule has 0 aromatic heterocycles. The molecule has 1 aliphatic heterocycles. The van der Waals surface area contributed by atoms with E-state index in [-0.39, 0.29) is 11.8 Å². The fraction of sp³-hybridized carbons (Fsp3) is 0.348. The molecule has 0 radical (unpaired) electrons. The van der Waals surface area contributed by atoms with Crippen molar-refractivity contribution in [2.45, 2.75) is 39.5 Å². The summed E-state index contributed by atoms with van der Waals surface area (Å²) in [5.74, 6) is 1.08. The van der Waals surface area contributed by atoms with Gasteiger partial charge in [0.15, 0.2) is 5.17 Å². The van der Waals surface area contributed by atoms with E-state index < -0.39 is 5.37 Å². The van der Waals surface area contributed by atoms with Crippen LogP contribution in [0.4, 0.5) is 0 Å². The van der Waals surface area contributed by atoms with Crippen LogP contribution in [-0.4, -0.2) is 35.2 Å². The Hall–Kier alpha value is -3.00. The number of carbonyl (C=O) groups is 2. The summed E-state index contributed by atoms with van der Waals surface area (Å²) in [5.41, 5.74) is 3.26. The zero-order valence-corrected chi connectivity index (χ0v) is 19.0. The fourth-order valence-electron chi connectivity index (χ4n) is 3.02. The second-order valence-corrected chi connectivity index (χ2v) is 8.32. The highest BCUT2D eigenvalue weighted by Crippen LogP contribution is 2.42. The van der Waals surface area contributed by atoms with E-state index in [1.807, 2.05) is 36.4 Å². The van der Waals surface area contributed by atoms with Crippen LogP contribution in [0, 0.1) is 13.8 Å². The number of benzene rings is 2. The second kappa shape index (κ2) is 10.3. The molecule has 2 amide bonds. The molecule has 2 aromatic rings. The minimum atomic E-state index is -0.401. The normalized spacial score (nSPS) is 15.4. The Bertz CT molecular complexity index is 993. The predicted molar refractivity (Wildman–Crippen MR) is 122 cm³/mol. The summed E-state index contributed by atoms with van der Waals surface area (Å²) in [6.45, 7) is 8.00. The molecule has 0 fully saturated rings. The van der Waals surface area contributed by atoms with Crippen LogP contribution in [0.5, 0.6) is 11.5 Å². The molecule has 1 aliphatic rings. The third kappa shape index (κ3) is 6.01. The van der Waals surface area contributed by atoms with Gasteiger partial charge in [0.1, 0.15) is 16.9 Å². The molecule has 1 atom stereocenters. The molecule has 0 aliphatic carbocycles. The number of para-hydroxylation sites is 1. The summed E-state index contributed by atoms with van der Waals surface area (Å²) in [6, 6.07) is 13.6. The molecule has 164 valence electrons. The van der Waals surface area contributed by atoms with Gasteiger partial charge < -0.3 is 14.8 Å².